The highest BCUT2D eigenvalue weighted by molar-refractivity contribution is 7.92. The molecule has 0 aliphatic heterocycles. The molecule has 0 amide bonds. The molecule has 0 aliphatic carbocycles. The van der Waals surface area contributed by atoms with Gasteiger partial charge in [0.05, 0.1) is 10.6 Å². The Hall–Kier alpha value is -2.86. The summed E-state index contributed by atoms with van der Waals surface area (Å²) >= 11 is 0. The first kappa shape index (κ1) is 17.5. The van der Waals surface area contributed by atoms with Gasteiger partial charge in [-0.1, -0.05) is 48.6 Å². The fourth-order valence-corrected chi connectivity index (χ4v) is 3.23. The third-order valence-electron chi connectivity index (χ3n) is 3.27. The Morgan fingerprint density at radius 3 is 2.42 bits per heavy atom. The predicted molar refractivity (Wildman–Crippen MR) is 94.3 cm³/mol. The lowest BCUT2D eigenvalue weighted by atomic mass is 10.2. The summed E-state index contributed by atoms with van der Waals surface area (Å²) in [7, 11) is -2.13. The van der Waals surface area contributed by atoms with Crippen LogP contribution >= 0.6 is 0 Å². The van der Waals surface area contributed by atoms with Crippen LogP contribution in [-0.2, 0) is 14.8 Å². The number of carbonyl (C=O) groups is 1. The minimum Gasteiger partial charge on any atom is -0.478 e. The zero-order valence-corrected chi connectivity index (χ0v) is 13.8. The van der Waals surface area contributed by atoms with Crippen molar-refractivity contribution in [1.82, 2.24) is 0 Å². The summed E-state index contributed by atoms with van der Waals surface area (Å²) in [6.45, 7) is 0. The molecule has 2 rings (SSSR count). The van der Waals surface area contributed by atoms with Gasteiger partial charge in [0.25, 0.3) is 10.0 Å². The van der Waals surface area contributed by atoms with Gasteiger partial charge in [0.2, 0.25) is 0 Å². The number of allylic oxidation sites excluding steroid dienone is 2. The molecule has 0 aliphatic rings. The van der Waals surface area contributed by atoms with Gasteiger partial charge in [-0.3, -0.25) is 4.31 Å². The van der Waals surface area contributed by atoms with Crippen LogP contribution in [0.1, 0.15) is 5.56 Å². The fraction of sp³-hybridized carbons (Fsp3) is 0.0556. The number of benzene rings is 2. The molecule has 0 radical (unpaired) electrons. The maximum Gasteiger partial charge on any atom is 0.328 e. The maximum atomic E-state index is 12.6. The highest BCUT2D eigenvalue weighted by Gasteiger charge is 2.20. The lowest BCUT2D eigenvalue weighted by molar-refractivity contribution is -0.131. The summed E-state index contributed by atoms with van der Waals surface area (Å²) in [6, 6.07) is 15.2. The standard InChI is InChI=1S/C18H17NO4S/c1-19(24(22,23)17-11-3-2-4-12-17)16-10-7-9-15(14-16)8-5-6-13-18(20)21/h2-14H,1H3,(H,20,21)/b8-5+,13-6+. The van der Waals surface area contributed by atoms with Crippen molar-refractivity contribution in [3.63, 3.8) is 0 Å². The lowest BCUT2D eigenvalue weighted by Gasteiger charge is -2.19. The summed E-state index contributed by atoms with van der Waals surface area (Å²) in [5.74, 6) is -1.03. The number of hydrogen-bond acceptors (Lipinski definition) is 3. The molecular weight excluding hydrogens is 326 g/mol. The van der Waals surface area contributed by atoms with Gasteiger partial charge < -0.3 is 5.11 Å². The van der Waals surface area contributed by atoms with Crippen molar-refractivity contribution in [1.29, 1.82) is 0 Å². The number of sulfonamides is 1. The van der Waals surface area contributed by atoms with Crippen LogP contribution in [0.15, 0.2) is 77.7 Å². The molecule has 0 saturated heterocycles. The zero-order valence-electron chi connectivity index (χ0n) is 13.0. The second-order valence-corrected chi connectivity index (χ2v) is 6.91. The van der Waals surface area contributed by atoms with Gasteiger partial charge in [-0.2, -0.15) is 0 Å². The van der Waals surface area contributed by atoms with Crippen LogP contribution in [0.5, 0.6) is 0 Å². The molecule has 0 atom stereocenters. The van der Waals surface area contributed by atoms with E-state index < -0.39 is 16.0 Å². The van der Waals surface area contributed by atoms with E-state index in [0.29, 0.717) is 5.69 Å². The Bertz CT molecular complexity index is 871. The van der Waals surface area contributed by atoms with Gasteiger partial charge in [0.1, 0.15) is 0 Å². The number of aliphatic carboxylic acids is 1. The van der Waals surface area contributed by atoms with E-state index in [1.807, 2.05) is 0 Å². The van der Waals surface area contributed by atoms with E-state index in [9.17, 15) is 13.2 Å². The molecule has 24 heavy (non-hydrogen) atoms. The Morgan fingerprint density at radius 1 is 1.04 bits per heavy atom. The van der Waals surface area contributed by atoms with Gasteiger partial charge in [-0.05, 0) is 29.8 Å². The molecule has 1 N–H and O–H groups in total. The first-order valence-electron chi connectivity index (χ1n) is 7.13. The molecule has 124 valence electrons. The van der Waals surface area contributed by atoms with E-state index in [0.717, 1.165) is 11.6 Å². The Balaban J connectivity index is 2.26. The van der Waals surface area contributed by atoms with Crippen molar-refractivity contribution >= 4 is 27.8 Å². The molecule has 0 spiro atoms. The number of carboxylic acids is 1. The molecule has 0 heterocycles. The predicted octanol–water partition coefficient (Wildman–Crippen LogP) is 3.17. The minimum atomic E-state index is -3.63. The van der Waals surface area contributed by atoms with Crippen molar-refractivity contribution in [3.05, 3.63) is 78.4 Å². The van der Waals surface area contributed by atoms with Crippen LogP contribution < -0.4 is 4.31 Å². The van der Waals surface area contributed by atoms with Crippen molar-refractivity contribution in [2.75, 3.05) is 11.4 Å². The van der Waals surface area contributed by atoms with Crippen LogP contribution in [0.25, 0.3) is 6.08 Å². The minimum absolute atomic E-state index is 0.220. The van der Waals surface area contributed by atoms with E-state index in [1.165, 1.54) is 17.4 Å². The summed E-state index contributed by atoms with van der Waals surface area (Å²) in [5.41, 5.74) is 1.28. The third kappa shape index (κ3) is 4.33. The number of rotatable bonds is 6. The van der Waals surface area contributed by atoms with Crippen LogP contribution in [0.2, 0.25) is 0 Å². The second-order valence-electron chi connectivity index (χ2n) is 4.94. The molecular formula is C18H17NO4S. The first-order valence-corrected chi connectivity index (χ1v) is 8.57. The van der Waals surface area contributed by atoms with Crippen molar-refractivity contribution in [2.24, 2.45) is 0 Å². The molecule has 2 aromatic rings. The molecule has 2 aromatic carbocycles. The Morgan fingerprint density at radius 2 is 1.75 bits per heavy atom. The van der Waals surface area contributed by atoms with Gasteiger partial charge in [0, 0.05) is 13.1 Å². The number of anilines is 1. The first-order chi connectivity index (χ1) is 11.4. The highest BCUT2D eigenvalue weighted by Crippen LogP contribution is 2.23. The van der Waals surface area contributed by atoms with Gasteiger partial charge in [0.15, 0.2) is 0 Å². The summed E-state index contributed by atoms with van der Waals surface area (Å²) < 4.78 is 26.4. The Kier molecular flexibility index (Phi) is 5.55. The van der Waals surface area contributed by atoms with Crippen LogP contribution in [0.3, 0.4) is 0 Å². The Labute approximate surface area is 141 Å². The SMILES string of the molecule is CN(c1cccc(/C=C/C=C/C(=O)O)c1)S(=O)(=O)c1ccccc1. The normalized spacial score (nSPS) is 11.9. The quantitative estimate of drug-likeness (QED) is 0.646. The monoisotopic (exact) mass is 343 g/mol. The van der Waals surface area contributed by atoms with Gasteiger partial charge in [-0.25, -0.2) is 13.2 Å². The summed E-state index contributed by atoms with van der Waals surface area (Å²) in [4.78, 5) is 10.6. The van der Waals surface area contributed by atoms with Crippen molar-refractivity contribution < 1.29 is 18.3 Å². The van der Waals surface area contributed by atoms with Gasteiger partial charge in [-0.15, -0.1) is 0 Å². The number of hydrogen-bond donors (Lipinski definition) is 1. The highest BCUT2D eigenvalue weighted by atomic mass is 32.2. The number of nitrogens with zero attached hydrogens (tertiary/aromatic N) is 1. The molecule has 0 unspecified atom stereocenters. The fourth-order valence-electron chi connectivity index (χ4n) is 2.02. The smallest absolute Gasteiger partial charge is 0.328 e. The van der Waals surface area contributed by atoms with E-state index in [-0.39, 0.29) is 4.90 Å². The van der Waals surface area contributed by atoms with Crippen LogP contribution in [-0.4, -0.2) is 26.5 Å². The molecule has 5 nitrogen and oxygen atoms in total. The van der Waals surface area contributed by atoms with Crippen molar-refractivity contribution in [2.45, 2.75) is 4.90 Å². The summed E-state index contributed by atoms with van der Waals surface area (Å²) in [6.07, 6.45) is 5.70. The molecule has 0 fully saturated rings. The number of carboxylic acid groups (broad SMARTS) is 1. The lowest BCUT2D eigenvalue weighted by Crippen LogP contribution is -2.26. The van der Waals surface area contributed by atoms with Crippen LogP contribution in [0.4, 0.5) is 5.69 Å². The van der Waals surface area contributed by atoms with Crippen molar-refractivity contribution in [3.8, 4) is 0 Å². The van der Waals surface area contributed by atoms with E-state index >= 15 is 0 Å². The molecule has 0 aromatic heterocycles. The second kappa shape index (κ2) is 7.61. The average Bonchev–Trinajstić information content (AvgIpc) is 2.59. The molecule has 6 heteroatoms. The average molecular weight is 343 g/mol. The van der Waals surface area contributed by atoms with E-state index in [4.69, 9.17) is 5.11 Å². The van der Waals surface area contributed by atoms with E-state index in [2.05, 4.69) is 0 Å². The van der Waals surface area contributed by atoms with E-state index in [1.54, 1.807) is 66.7 Å². The molecule has 0 saturated carbocycles. The molecule has 0 bridgehead atoms. The third-order valence-corrected chi connectivity index (χ3v) is 5.07. The zero-order chi connectivity index (χ0) is 17.6. The van der Waals surface area contributed by atoms with Crippen LogP contribution in [0, 0.1) is 0 Å². The van der Waals surface area contributed by atoms with Gasteiger partial charge >= 0.3 is 5.97 Å². The topological polar surface area (TPSA) is 74.7 Å². The summed E-state index contributed by atoms with van der Waals surface area (Å²) in [5, 5.41) is 8.53. The largest absolute Gasteiger partial charge is 0.478 e. The maximum absolute atomic E-state index is 12.6.